The summed E-state index contributed by atoms with van der Waals surface area (Å²) < 4.78 is 30.7. The van der Waals surface area contributed by atoms with Crippen molar-refractivity contribution in [3.05, 3.63) is 65.3 Å². The third kappa shape index (κ3) is 8.83. The van der Waals surface area contributed by atoms with Crippen LogP contribution in [0.15, 0.2) is 53.9 Å². The van der Waals surface area contributed by atoms with Gasteiger partial charge in [0, 0.05) is 18.8 Å². The number of hydrogen-bond acceptors (Lipinski definition) is 4. The molecule has 0 aliphatic heterocycles. The van der Waals surface area contributed by atoms with E-state index in [4.69, 9.17) is 0 Å². The van der Waals surface area contributed by atoms with Crippen molar-refractivity contribution in [3.63, 3.8) is 0 Å². The molecule has 8 heteroatoms. The van der Waals surface area contributed by atoms with Crippen molar-refractivity contribution >= 4 is 23.5 Å². The first-order chi connectivity index (χ1) is 15.2. The minimum Gasteiger partial charge on any atom is -0.465 e. The minimum atomic E-state index is -0.746. The van der Waals surface area contributed by atoms with Crippen molar-refractivity contribution in [2.45, 2.75) is 40.0 Å². The summed E-state index contributed by atoms with van der Waals surface area (Å²) in [5, 5.41) is 2.63. The third-order valence-electron chi connectivity index (χ3n) is 4.42. The van der Waals surface area contributed by atoms with Crippen LogP contribution in [0.4, 0.5) is 19.3 Å². The van der Waals surface area contributed by atoms with E-state index in [-0.39, 0.29) is 23.2 Å². The molecular weight excluding hydrogens is 418 g/mol. The van der Waals surface area contributed by atoms with Crippen molar-refractivity contribution in [1.82, 2.24) is 4.90 Å². The SMILES string of the molecule is CC(=O)C1=CC=CC(F)=CC1.CCCN(CCC)C(=O)Nc1ccc(C(=O)OC)c(F)c1. The number of esters is 1. The molecule has 6 nitrogen and oxygen atoms in total. The average molecular weight is 449 g/mol. The van der Waals surface area contributed by atoms with Gasteiger partial charge in [-0.05, 0) is 62.1 Å². The van der Waals surface area contributed by atoms with Crippen LogP contribution in [0.1, 0.15) is 50.4 Å². The number of nitrogens with zero attached hydrogens (tertiary/aromatic N) is 1. The minimum absolute atomic E-state index is 0.000556. The molecule has 174 valence electrons. The zero-order chi connectivity index (χ0) is 24.1. The predicted octanol–water partition coefficient (Wildman–Crippen LogP) is 5.58. The summed E-state index contributed by atoms with van der Waals surface area (Å²) in [6.07, 6.45) is 8.04. The number of benzene rings is 1. The van der Waals surface area contributed by atoms with E-state index in [0.29, 0.717) is 30.8 Å². The van der Waals surface area contributed by atoms with E-state index in [1.165, 1.54) is 38.3 Å². The fourth-order valence-corrected chi connectivity index (χ4v) is 2.79. The predicted molar refractivity (Wildman–Crippen MR) is 121 cm³/mol. The highest BCUT2D eigenvalue weighted by molar-refractivity contribution is 5.94. The molecule has 0 saturated carbocycles. The smallest absolute Gasteiger partial charge is 0.340 e. The highest BCUT2D eigenvalue weighted by Gasteiger charge is 2.15. The van der Waals surface area contributed by atoms with Gasteiger partial charge in [-0.2, -0.15) is 0 Å². The Morgan fingerprint density at radius 2 is 1.78 bits per heavy atom. The Morgan fingerprint density at radius 3 is 2.31 bits per heavy atom. The van der Waals surface area contributed by atoms with Crippen molar-refractivity contribution in [2.75, 3.05) is 25.5 Å². The average Bonchev–Trinajstić information content (AvgIpc) is 2.98. The van der Waals surface area contributed by atoms with Crippen molar-refractivity contribution < 1.29 is 27.9 Å². The summed E-state index contributed by atoms with van der Waals surface area (Å²) in [7, 11) is 1.19. The fourth-order valence-electron chi connectivity index (χ4n) is 2.79. The number of methoxy groups -OCH3 is 1. The Kier molecular flexibility index (Phi) is 11.6. The van der Waals surface area contributed by atoms with Crippen LogP contribution >= 0.6 is 0 Å². The Labute approximate surface area is 187 Å². The van der Waals surface area contributed by atoms with E-state index in [9.17, 15) is 23.2 Å². The Hall–Kier alpha value is -3.29. The number of ether oxygens (including phenoxy) is 1. The number of anilines is 1. The third-order valence-corrected chi connectivity index (χ3v) is 4.42. The maximum Gasteiger partial charge on any atom is 0.340 e. The number of carbonyl (C=O) groups excluding carboxylic acids is 3. The quantitative estimate of drug-likeness (QED) is 0.553. The van der Waals surface area contributed by atoms with Crippen LogP contribution in [0.25, 0.3) is 0 Å². The molecule has 0 radical (unpaired) electrons. The van der Waals surface area contributed by atoms with Gasteiger partial charge in [-0.15, -0.1) is 0 Å². The maximum absolute atomic E-state index is 13.8. The molecule has 1 N–H and O–H groups in total. The highest BCUT2D eigenvalue weighted by Crippen LogP contribution is 2.16. The van der Waals surface area contributed by atoms with Gasteiger partial charge in [0.1, 0.15) is 11.6 Å². The molecule has 0 bridgehead atoms. The summed E-state index contributed by atoms with van der Waals surface area (Å²) in [5.41, 5.74) is 0.797. The number of rotatable bonds is 7. The molecule has 0 saturated heterocycles. The normalized spacial score (nSPS) is 12.4. The number of Topliss-reactive ketones (excluding diaryl/α,β-unsaturated/α-hetero) is 1. The summed E-state index contributed by atoms with van der Waals surface area (Å²) in [5.74, 6) is -1.75. The van der Waals surface area contributed by atoms with Gasteiger partial charge in [0.15, 0.2) is 5.78 Å². The lowest BCUT2D eigenvalue weighted by atomic mass is 10.1. The lowest BCUT2D eigenvalue weighted by molar-refractivity contribution is -0.113. The molecule has 1 aromatic carbocycles. The number of nitrogens with one attached hydrogen (secondary N) is 1. The number of halogens is 2. The number of urea groups is 1. The molecule has 1 aliphatic rings. The second-order valence-corrected chi connectivity index (χ2v) is 7.00. The van der Waals surface area contributed by atoms with Crippen molar-refractivity contribution in [2.24, 2.45) is 0 Å². The van der Waals surface area contributed by atoms with Gasteiger partial charge in [0.05, 0.1) is 12.7 Å². The number of allylic oxidation sites excluding steroid dienone is 6. The lowest BCUT2D eigenvalue weighted by Gasteiger charge is -2.22. The summed E-state index contributed by atoms with van der Waals surface area (Å²) in [4.78, 5) is 35.8. The first kappa shape index (κ1) is 26.7. The first-order valence-electron chi connectivity index (χ1n) is 10.4. The van der Waals surface area contributed by atoms with Crippen molar-refractivity contribution in [3.8, 4) is 0 Å². The summed E-state index contributed by atoms with van der Waals surface area (Å²) in [6.45, 7) is 6.74. The lowest BCUT2D eigenvalue weighted by Crippen LogP contribution is -2.36. The van der Waals surface area contributed by atoms with Gasteiger partial charge >= 0.3 is 12.0 Å². The van der Waals surface area contributed by atoms with Gasteiger partial charge < -0.3 is 15.0 Å². The molecule has 0 unspecified atom stereocenters. The molecule has 2 rings (SSSR count). The van der Waals surface area contributed by atoms with Gasteiger partial charge in [0.25, 0.3) is 0 Å². The molecule has 1 aromatic rings. The molecule has 0 aromatic heterocycles. The van der Waals surface area contributed by atoms with E-state index in [1.807, 2.05) is 13.8 Å². The van der Waals surface area contributed by atoms with Crippen LogP contribution in [0.2, 0.25) is 0 Å². The van der Waals surface area contributed by atoms with E-state index in [0.717, 1.165) is 18.9 Å². The monoisotopic (exact) mass is 448 g/mol. The number of amides is 2. The zero-order valence-electron chi connectivity index (χ0n) is 18.9. The van der Waals surface area contributed by atoms with E-state index in [2.05, 4.69) is 10.1 Å². The summed E-state index contributed by atoms with van der Waals surface area (Å²) >= 11 is 0. The van der Waals surface area contributed by atoms with Gasteiger partial charge in [-0.25, -0.2) is 18.4 Å². The largest absolute Gasteiger partial charge is 0.465 e. The second kappa shape index (κ2) is 13.9. The molecule has 0 fully saturated rings. The molecule has 32 heavy (non-hydrogen) atoms. The molecule has 1 aliphatic carbocycles. The summed E-state index contributed by atoms with van der Waals surface area (Å²) in [6, 6.07) is 3.61. The molecule has 2 amide bonds. The first-order valence-corrected chi connectivity index (χ1v) is 10.4. The Morgan fingerprint density at radius 1 is 1.12 bits per heavy atom. The fraction of sp³-hybridized carbons (Fsp3) is 0.375. The highest BCUT2D eigenvalue weighted by atomic mass is 19.1. The zero-order valence-corrected chi connectivity index (χ0v) is 18.9. The molecular formula is C24H30F2N2O4. The number of ketones is 1. The van der Waals surface area contributed by atoms with Crippen LogP contribution < -0.4 is 5.32 Å². The topological polar surface area (TPSA) is 75.7 Å². The van der Waals surface area contributed by atoms with Gasteiger partial charge in [-0.3, -0.25) is 4.79 Å². The number of carbonyl (C=O) groups is 3. The number of hydrogen-bond donors (Lipinski definition) is 1. The molecule has 0 heterocycles. The van der Waals surface area contributed by atoms with Crippen LogP contribution in [0, 0.1) is 5.82 Å². The Balaban J connectivity index is 0.000000389. The van der Waals surface area contributed by atoms with Gasteiger partial charge in [0.2, 0.25) is 0 Å². The van der Waals surface area contributed by atoms with Crippen LogP contribution in [0.3, 0.4) is 0 Å². The maximum atomic E-state index is 13.8. The standard InChI is InChI=1S/C15H21FN2O3.C9H9FO/c1-4-8-18(9-5-2)15(20)17-11-6-7-12(13(16)10-11)14(19)21-3;1-7(11)8-3-2-4-9(10)6-5-8/h6-7,10H,4-5,8-9H2,1-3H3,(H,17,20);2-4,6H,5H2,1H3. The van der Waals surface area contributed by atoms with Crippen LogP contribution in [-0.4, -0.2) is 42.9 Å². The molecule has 0 atom stereocenters. The van der Waals surface area contributed by atoms with E-state index < -0.39 is 11.8 Å². The Bertz CT molecular complexity index is 899. The van der Waals surface area contributed by atoms with E-state index in [1.54, 1.807) is 17.1 Å². The van der Waals surface area contributed by atoms with E-state index >= 15 is 0 Å². The van der Waals surface area contributed by atoms with Crippen LogP contribution in [0.5, 0.6) is 0 Å². The van der Waals surface area contributed by atoms with Crippen molar-refractivity contribution in [1.29, 1.82) is 0 Å². The second-order valence-electron chi connectivity index (χ2n) is 7.00. The van der Waals surface area contributed by atoms with Gasteiger partial charge in [-0.1, -0.05) is 26.0 Å². The molecule has 0 spiro atoms. The van der Waals surface area contributed by atoms with Crippen LogP contribution in [-0.2, 0) is 9.53 Å².